The first-order valence-corrected chi connectivity index (χ1v) is 16.4. The summed E-state index contributed by atoms with van der Waals surface area (Å²) in [7, 11) is -6.47. The molecule has 0 saturated carbocycles. The van der Waals surface area contributed by atoms with Gasteiger partial charge in [0.25, 0.3) is 0 Å². The van der Waals surface area contributed by atoms with Crippen molar-refractivity contribution in [2.24, 2.45) is 0 Å². The number of hydrogen-bond acceptors (Lipinski definition) is 6. The van der Waals surface area contributed by atoms with Crippen LogP contribution in [-0.4, -0.2) is 31.6 Å². The van der Waals surface area contributed by atoms with Crippen molar-refractivity contribution >= 4 is 23.7 Å². The van der Waals surface area contributed by atoms with Crippen LogP contribution in [0.25, 0.3) is 0 Å². The molecule has 0 atom stereocenters. The molecule has 0 spiro atoms. The van der Waals surface area contributed by atoms with E-state index >= 15 is 0 Å². The Hall–Kier alpha value is -3.75. The third kappa shape index (κ3) is 6.99. The van der Waals surface area contributed by atoms with Crippen molar-refractivity contribution in [2.45, 2.75) is 48.6 Å². The smallest absolute Gasteiger partial charge is 0.329 e. The topological polar surface area (TPSA) is 127 Å². The average Bonchev–Trinajstić information content (AvgIpc) is 2.94. The molecule has 10 heteroatoms. The van der Waals surface area contributed by atoms with Crippen LogP contribution < -0.4 is 9.47 Å². The second kappa shape index (κ2) is 12.2. The largest absolute Gasteiger partial charge is 0.497 e. The maximum Gasteiger partial charge on any atom is 0.329 e. The molecule has 2 N–H and O–H groups in total. The van der Waals surface area contributed by atoms with Gasteiger partial charge in [-0.2, -0.15) is 0 Å². The van der Waals surface area contributed by atoms with Gasteiger partial charge >= 0.3 is 7.60 Å². The van der Waals surface area contributed by atoms with E-state index in [1.807, 2.05) is 51.1 Å². The number of aldehydes is 1. The Labute approximate surface area is 246 Å². The fourth-order valence-corrected chi connectivity index (χ4v) is 6.69. The first kappa shape index (κ1) is 31.2. The third-order valence-corrected chi connectivity index (χ3v) is 9.80. The lowest BCUT2D eigenvalue weighted by Gasteiger charge is -2.28. The van der Waals surface area contributed by atoms with Crippen molar-refractivity contribution in [3.63, 3.8) is 0 Å². The van der Waals surface area contributed by atoms with Gasteiger partial charge in [-0.1, -0.05) is 44.2 Å². The van der Waals surface area contributed by atoms with Crippen LogP contribution in [0.5, 0.6) is 17.2 Å². The fraction of sp³-hybridized carbons (Fsp3) is 0.219. The van der Waals surface area contributed by atoms with E-state index in [1.54, 1.807) is 30.3 Å². The molecule has 4 aromatic carbocycles. The molecule has 0 saturated heterocycles. The van der Waals surface area contributed by atoms with Gasteiger partial charge in [-0.25, -0.2) is 8.42 Å². The van der Waals surface area contributed by atoms with Crippen LogP contribution >= 0.6 is 7.60 Å². The molecule has 220 valence electrons. The summed E-state index contributed by atoms with van der Waals surface area (Å²) in [4.78, 5) is 30.8. The fourth-order valence-electron chi connectivity index (χ4n) is 4.64. The molecule has 0 bridgehead atoms. The van der Waals surface area contributed by atoms with Crippen LogP contribution in [0.2, 0.25) is 0 Å². The lowest BCUT2D eigenvalue weighted by atomic mass is 9.76. The molecular formula is C32H33O8PS. The molecule has 42 heavy (non-hydrogen) atoms. The zero-order chi connectivity index (χ0) is 30.7. The lowest BCUT2D eigenvalue weighted by Crippen LogP contribution is -2.20. The predicted octanol–water partition coefficient (Wildman–Crippen LogP) is 6.37. The minimum atomic E-state index is -4.24. The van der Waals surface area contributed by atoms with E-state index < -0.39 is 22.8 Å². The van der Waals surface area contributed by atoms with Crippen molar-refractivity contribution in [1.82, 2.24) is 0 Å². The summed E-state index contributed by atoms with van der Waals surface area (Å²) in [5.74, 6) is 1.42. The van der Waals surface area contributed by atoms with E-state index in [0.29, 0.717) is 28.4 Å². The van der Waals surface area contributed by atoms with Gasteiger partial charge in [-0.3, -0.25) is 4.57 Å². The Bertz CT molecular complexity index is 1740. The minimum absolute atomic E-state index is 0.0978. The number of ether oxygens (including phenoxy) is 2. The van der Waals surface area contributed by atoms with Gasteiger partial charge in [0.1, 0.15) is 23.5 Å². The monoisotopic (exact) mass is 608 g/mol. The second-order valence-electron chi connectivity index (χ2n) is 10.5. The predicted molar refractivity (Wildman–Crippen MR) is 160 cm³/mol. The number of methoxy groups -OCH3 is 1. The number of sulfone groups is 1. The number of carbonyl (C=O) groups excluding carboxylic acids is 1. The van der Waals surface area contributed by atoms with E-state index in [4.69, 9.17) is 9.47 Å². The molecule has 0 aliphatic heterocycles. The molecule has 0 unspecified atom stereocenters. The molecule has 4 rings (SSSR count). The molecule has 0 heterocycles. The van der Waals surface area contributed by atoms with Crippen LogP contribution in [0.1, 0.15) is 41.7 Å². The van der Waals surface area contributed by atoms with Gasteiger partial charge < -0.3 is 24.1 Å². The number of aryl methyl sites for hydroxylation is 1. The number of carbonyl (C=O) groups is 1. The Balaban J connectivity index is 1.60. The first-order chi connectivity index (χ1) is 19.7. The van der Waals surface area contributed by atoms with Crippen molar-refractivity contribution in [3.8, 4) is 17.2 Å². The highest BCUT2D eigenvalue weighted by atomic mass is 32.2. The molecular weight excluding hydrogens is 575 g/mol. The highest BCUT2D eigenvalue weighted by molar-refractivity contribution is 7.91. The maximum absolute atomic E-state index is 13.0. The highest BCUT2D eigenvalue weighted by Crippen LogP contribution is 2.42. The second-order valence-corrected chi connectivity index (χ2v) is 14.1. The zero-order valence-corrected chi connectivity index (χ0v) is 25.5. The zero-order valence-electron chi connectivity index (χ0n) is 23.8. The molecule has 4 aromatic rings. The molecule has 0 amide bonds. The number of rotatable bonds is 11. The summed E-state index contributed by atoms with van der Waals surface area (Å²) >= 11 is 0. The average molecular weight is 609 g/mol. The summed E-state index contributed by atoms with van der Waals surface area (Å²) in [6, 6.07) is 23.4. The van der Waals surface area contributed by atoms with Gasteiger partial charge in [0.15, 0.2) is 0 Å². The molecule has 0 aliphatic rings. The van der Waals surface area contributed by atoms with E-state index in [-0.39, 0.29) is 22.4 Å². The van der Waals surface area contributed by atoms with E-state index in [0.717, 1.165) is 23.0 Å². The van der Waals surface area contributed by atoms with Crippen molar-refractivity contribution in [2.75, 3.05) is 7.11 Å². The normalized spacial score (nSPS) is 12.1. The van der Waals surface area contributed by atoms with Crippen LogP contribution in [-0.2, 0) is 37.2 Å². The Morgan fingerprint density at radius 1 is 0.810 bits per heavy atom. The van der Waals surface area contributed by atoms with Crippen molar-refractivity contribution in [3.05, 3.63) is 113 Å². The van der Waals surface area contributed by atoms with Gasteiger partial charge in [0.05, 0.1) is 23.1 Å². The maximum atomic E-state index is 13.0. The van der Waals surface area contributed by atoms with Crippen LogP contribution in [0.4, 0.5) is 0 Å². The minimum Gasteiger partial charge on any atom is -0.497 e. The van der Waals surface area contributed by atoms with Crippen LogP contribution in [0, 0.1) is 6.92 Å². The van der Waals surface area contributed by atoms with E-state index in [2.05, 4.69) is 0 Å². The molecule has 0 fully saturated rings. The van der Waals surface area contributed by atoms with Gasteiger partial charge in [0.2, 0.25) is 9.84 Å². The van der Waals surface area contributed by atoms with Gasteiger partial charge in [0, 0.05) is 17.4 Å². The number of benzene rings is 4. The first-order valence-electron chi connectivity index (χ1n) is 13.1. The summed E-state index contributed by atoms with van der Waals surface area (Å²) in [5.41, 5.74) is 3.23. The standard InChI is InChI=1S/C32H33O8PS/c1-22-5-6-25(20-24(22)21-41(34,35)36)32(2,3)26-7-16-31(23(19-26)17-18-33)40-28-10-14-30(15-11-28)42(37,38)29-12-8-27(39-4)9-13-29/h5-16,18-20H,17,21H2,1-4H3,(H2,34,35,36). The summed E-state index contributed by atoms with van der Waals surface area (Å²) in [6.07, 6.45) is 0.542. The summed E-state index contributed by atoms with van der Waals surface area (Å²) in [6.45, 7) is 5.82. The Kier molecular flexibility index (Phi) is 9.09. The molecule has 0 radical (unpaired) electrons. The van der Waals surface area contributed by atoms with Gasteiger partial charge in [-0.15, -0.1) is 0 Å². The molecule has 8 nitrogen and oxygen atoms in total. The van der Waals surface area contributed by atoms with Crippen LogP contribution in [0.3, 0.4) is 0 Å². The Morgan fingerprint density at radius 2 is 1.33 bits per heavy atom. The van der Waals surface area contributed by atoms with E-state index in [9.17, 15) is 27.6 Å². The number of hydrogen-bond donors (Lipinski definition) is 2. The van der Waals surface area contributed by atoms with E-state index in [1.165, 1.54) is 31.4 Å². The third-order valence-electron chi connectivity index (χ3n) is 7.26. The molecule has 0 aliphatic carbocycles. The highest BCUT2D eigenvalue weighted by Gasteiger charge is 2.26. The van der Waals surface area contributed by atoms with Crippen molar-refractivity contribution < 1.29 is 37.0 Å². The lowest BCUT2D eigenvalue weighted by molar-refractivity contribution is -0.107. The Morgan fingerprint density at radius 3 is 1.86 bits per heavy atom. The summed E-state index contributed by atoms with van der Waals surface area (Å²) < 4.78 is 48.9. The van der Waals surface area contributed by atoms with Crippen LogP contribution in [0.15, 0.2) is 94.7 Å². The van der Waals surface area contributed by atoms with Gasteiger partial charge in [-0.05, 0) is 83.8 Å². The quantitative estimate of drug-likeness (QED) is 0.149. The van der Waals surface area contributed by atoms with Crippen molar-refractivity contribution in [1.29, 1.82) is 0 Å². The molecule has 0 aromatic heterocycles. The summed E-state index contributed by atoms with van der Waals surface area (Å²) in [5, 5.41) is 0. The SMILES string of the molecule is COc1ccc(S(=O)(=O)c2ccc(Oc3ccc(C(C)(C)c4ccc(C)c(CP(=O)(O)O)c4)cc3CC=O)cc2)cc1.